The van der Waals surface area contributed by atoms with E-state index in [0.29, 0.717) is 5.91 Å². The number of rotatable bonds is 6. The van der Waals surface area contributed by atoms with Crippen LogP contribution in [0.15, 0.2) is 24.3 Å². The number of quaternary nitrogens is 1. The van der Waals surface area contributed by atoms with Crippen LogP contribution in [0.4, 0.5) is 0 Å². The minimum atomic E-state index is 0.131. The van der Waals surface area contributed by atoms with Crippen LogP contribution in [0.25, 0.3) is 0 Å². The molecule has 0 unspecified atom stereocenters. The van der Waals surface area contributed by atoms with E-state index in [9.17, 15) is 4.79 Å². The molecule has 2 N–H and O–H groups in total. The quantitative estimate of drug-likeness (QED) is 0.814. The molecule has 0 radical (unpaired) electrons. The van der Waals surface area contributed by atoms with Crippen LogP contribution in [0.5, 0.6) is 0 Å². The molecule has 0 aromatic heterocycles. The molecule has 1 saturated heterocycles. The van der Waals surface area contributed by atoms with Crippen molar-refractivity contribution in [3.63, 3.8) is 0 Å². The average molecular weight is 293 g/mol. The summed E-state index contributed by atoms with van der Waals surface area (Å²) < 4.78 is 0. The van der Waals surface area contributed by atoms with Crippen LogP contribution in [0.1, 0.15) is 36.3 Å². The van der Waals surface area contributed by atoms with E-state index >= 15 is 0 Å². The Morgan fingerprint density at radius 1 is 1.30 bits per heavy atom. The maximum atomic E-state index is 12.5. The number of amides is 1. The predicted octanol–water partition coefficient (Wildman–Crippen LogP) is 1.93. The standard InChI is InChI=1S/C16H24N2OS/c1-4-14-15(19)18(11-5-10-17-3)16(20-14)13-8-6-12(2)7-9-13/h6-9,14,16-17H,4-5,10-11H2,1-3H3/p+1/t14-,16-/m1/s1. The van der Waals surface area contributed by atoms with Crippen molar-refractivity contribution in [3.05, 3.63) is 35.4 Å². The molecule has 0 aliphatic carbocycles. The Kier molecular flexibility index (Phi) is 5.49. The van der Waals surface area contributed by atoms with Crippen molar-refractivity contribution in [3.8, 4) is 0 Å². The van der Waals surface area contributed by atoms with E-state index < -0.39 is 0 Å². The molecule has 2 atom stereocenters. The topological polar surface area (TPSA) is 36.9 Å². The van der Waals surface area contributed by atoms with Gasteiger partial charge in [0.2, 0.25) is 5.91 Å². The van der Waals surface area contributed by atoms with Gasteiger partial charge in [0.1, 0.15) is 5.37 Å². The van der Waals surface area contributed by atoms with Gasteiger partial charge in [-0.3, -0.25) is 4.79 Å². The molecule has 1 aliphatic rings. The third-order valence-corrected chi connectivity index (χ3v) is 5.41. The zero-order chi connectivity index (χ0) is 14.5. The largest absolute Gasteiger partial charge is 0.349 e. The summed E-state index contributed by atoms with van der Waals surface area (Å²) in [4.78, 5) is 14.6. The van der Waals surface area contributed by atoms with Gasteiger partial charge in [-0.15, -0.1) is 11.8 Å². The first-order valence-electron chi connectivity index (χ1n) is 7.47. The molecule has 3 nitrogen and oxygen atoms in total. The molecule has 110 valence electrons. The van der Waals surface area contributed by atoms with Gasteiger partial charge in [-0.25, -0.2) is 0 Å². The highest BCUT2D eigenvalue weighted by atomic mass is 32.2. The number of benzene rings is 1. The average Bonchev–Trinajstić information content (AvgIpc) is 2.77. The van der Waals surface area contributed by atoms with Crippen molar-refractivity contribution >= 4 is 17.7 Å². The molecular weight excluding hydrogens is 268 g/mol. The number of carbonyl (C=O) groups excluding carboxylic acids is 1. The lowest BCUT2D eigenvalue weighted by Gasteiger charge is -2.24. The summed E-state index contributed by atoms with van der Waals surface area (Å²) in [6.07, 6.45) is 1.98. The second-order valence-corrected chi connectivity index (χ2v) is 6.67. The highest BCUT2D eigenvalue weighted by Crippen LogP contribution is 2.44. The van der Waals surface area contributed by atoms with Crippen molar-refractivity contribution in [2.24, 2.45) is 0 Å². The second-order valence-electron chi connectivity index (χ2n) is 5.38. The van der Waals surface area contributed by atoms with Gasteiger partial charge in [-0.2, -0.15) is 0 Å². The third-order valence-electron chi connectivity index (χ3n) is 3.76. The lowest BCUT2D eigenvalue weighted by Crippen LogP contribution is -2.79. The smallest absolute Gasteiger partial charge is 0.236 e. The van der Waals surface area contributed by atoms with Gasteiger partial charge in [-0.05, 0) is 18.9 Å². The van der Waals surface area contributed by atoms with E-state index in [1.165, 1.54) is 11.1 Å². The van der Waals surface area contributed by atoms with E-state index in [1.807, 2.05) is 11.8 Å². The zero-order valence-electron chi connectivity index (χ0n) is 12.6. The van der Waals surface area contributed by atoms with Gasteiger partial charge in [0.15, 0.2) is 0 Å². The van der Waals surface area contributed by atoms with E-state index in [0.717, 1.165) is 25.9 Å². The lowest BCUT2D eigenvalue weighted by atomic mass is 10.1. The predicted molar refractivity (Wildman–Crippen MR) is 84.6 cm³/mol. The molecule has 1 aromatic carbocycles. The van der Waals surface area contributed by atoms with Gasteiger partial charge in [0, 0.05) is 13.0 Å². The lowest BCUT2D eigenvalue weighted by molar-refractivity contribution is -0.627. The molecule has 1 fully saturated rings. The summed E-state index contributed by atoms with van der Waals surface area (Å²) in [5.41, 5.74) is 2.52. The van der Waals surface area contributed by atoms with Crippen molar-refractivity contribution in [2.75, 3.05) is 20.1 Å². The molecule has 0 bridgehead atoms. The van der Waals surface area contributed by atoms with Gasteiger partial charge in [-0.1, -0.05) is 36.8 Å². The number of carbonyl (C=O) groups is 1. The maximum absolute atomic E-state index is 12.5. The number of nitrogens with two attached hydrogens (primary N) is 1. The number of aryl methyl sites for hydroxylation is 1. The van der Waals surface area contributed by atoms with Crippen LogP contribution in [0.3, 0.4) is 0 Å². The van der Waals surface area contributed by atoms with Crippen molar-refractivity contribution in [1.82, 2.24) is 4.90 Å². The molecule has 0 saturated carbocycles. The van der Waals surface area contributed by atoms with Gasteiger partial charge in [0.05, 0.1) is 18.8 Å². The molecule has 0 spiro atoms. The van der Waals surface area contributed by atoms with Gasteiger partial charge in [0.25, 0.3) is 0 Å². The minimum absolute atomic E-state index is 0.131. The first kappa shape index (κ1) is 15.4. The SMILES string of the molecule is CC[C@H]1S[C@H](c2ccc(C)cc2)N(CCC[NH2+]C)C1=O. The molecule has 20 heavy (non-hydrogen) atoms. The fourth-order valence-corrected chi connectivity index (χ4v) is 3.97. The van der Waals surface area contributed by atoms with Crippen molar-refractivity contribution in [2.45, 2.75) is 37.3 Å². The summed E-state index contributed by atoms with van der Waals surface area (Å²) in [5, 5.41) is 2.50. The molecule has 1 amide bonds. The van der Waals surface area contributed by atoms with Crippen LogP contribution < -0.4 is 5.32 Å². The van der Waals surface area contributed by atoms with Gasteiger partial charge >= 0.3 is 0 Å². The van der Waals surface area contributed by atoms with Gasteiger partial charge < -0.3 is 10.2 Å². The Labute approximate surface area is 126 Å². The monoisotopic (exact) mass is 293 g/mol. The minimum Gasteiger partial charge on any atom is -0.349 e. The van der Waals surface area contributed by atoms with Crippen molar-refractivity contribution in [1.29, 1.82) is 0 Å². The Morgan fingerprint density at radius 2 is 2.00 bits per heavy atom. The first-order valence-corrected chi connectivity index (χ1v) is 8.42. The molecule has 1 aliphatic heterocycles. The maximum Gasteiger partial charge on any atom is 0.236 e. The summed E-state index contributed by atoms with van der Waals surface area (Å²) in [6.45, 7) is 6.14. The second kappa shape index (κ2) is 7.14. The summed E-state index contributed by atoms with van der Waals surface area (Å²) in [5.74, 6) is 0.319. The highest BCUT2D eigenvalue weighted by Gasteiger charge is 2.39. The normalized spacial score (nSPS) is 22.6. The van der Waals surface area contributed by atoms with Crippen LogP contribution in [-0.2, 0) is 4.79 Å². The van der Waals surface area contributed by atoms with Crippen LogP contribution in [0, 0.1) is 6.92 Å². The fourth-order valence-electron chi connectivity index (χ4n) is 2.54. The van der Waals surface area contributed by atoms with E-state index in [4.69, 9.17) is 0 Å². The highest BCUT2D eigenvalue weighted by molar-refractivity contribution is 8.01. The number of nitrogens with zero attached hydrogens (tertiary/aromatic N) is 1. The Balaban J connectivity index is 2.15. The molecular formula is C16H25N2OS+. The Morgan fingerprint density at radius 3 is 2.60 bits per heavy atom. The molecule has 1 aromatic rings. The Bertz CT molecular complexity index is 446. The van der Waals surface area contributed by atoms with Crippen LogP contribution in [0.2, 0.25) is 0 Å². The summed E-state index contributed by atoms with van der Waals surface area (Å²) in [6, 6.07) is 8.60. The number of thioether (sulfide) groups is 1. The zero-order valence-corrected chi connectivity index (χ0v) is 13.5. The van der Waals surface area contributed by atoms with Crippen LogP contribution in [-0.4, -0.2) is 36.2 Å². The molecule has 1 heterocycles. The van der Waals surface area contributed by atoms with Crippen molar-refractivity contribution < 1.29 is 10.1 Å². The molecule has 2 rings (SSSR count). The van der Waals surface area contributed by atoms with E-state index in [-0.39, 0.29) is 10.6 Å². The summed E-state index contributed by atoms with van der Waals surface area (Å²) >= 11 is 1.81. The summed E-state index contributed by atoms with van der Waals surface area (Å²) in [7, 11) is 2.08. The molecule has 4 heteroatoms. The fraction of sp³-hybridized carbons (Fsp3) is 0.562. The van der Waals surface area contributed by atoms with E-state index in [2.05, 4.69) is 55.4 Å². The van der Waals surface area contributed by atoms with E-state index in [1.54, 1.807) is 0 Å². The Hall–Kier alpha value is -1.00. The number of hydrogen-bond donors (Lipinski definition) is 1. The first-order chi connectivity index (χ1) is 9.67. The number of hydrogen-bond acceptors (Lipinski definition) is 2. The third kappa shape index (κ3) is 3.36. The van der Waals surface area contributed by atoms with Crippen LogP contribution >= 0.6 is 11.8 Å².